The van der Waals surface area contributed by atoms with Crippen LogP contribution in [0.5, 0.6) is 0 Å². The first-order chi connectivity index (χ1) is 6.20. The second-order valence-corrected chi connectivity index (χ2v) is 2.28. The monoisotopic (exact) mass is 179 g/mol. The van der Waals surface area contributed by atoms with Gasteiger partial charge in [-0.2, -0.15) is 5.10 Å². The maximum atomic E-state index is 10.5. The Kier molecular flexibility index (Phi) is 2.91. The summed E-state index contributed by atoms with van der Waals surface area (Å²) in [5.41, 5.74) is 5.65. The largest absolute Gasteiger partial charge is 0.350 e. The van der Waals surface area contributed by atoms with Crippen molar-refractivity contribution in [2.24, 2.45) is 10.8 Å². The second kappa shape index (κ2) is 4.15. The number of carbonyl (C=O) groups excluding carboxylic acids is 1. The fourth-order valence-corrected chi connectivity index (χ4v) is 0.587. The van der Waals surface area contributed by atoms with Crippen LogP contribution in [0.1, 0.15) is 5.56 Å². The summed E-state index contributed by atoms with van der Waals surface area (Å²) in [4.78, 5) is 18.1. The van der Waals surface area contributed by atoms with Crippen LogP contribution in [0, 0.1) is 0 Å². The molecular weight excluding hydrogens is 170 g/mol. The van der Waals surface area contributed by atoms with Crippen molar-refractivity contribution in [3.63, 3.8) is 0 Å². The van der Waals surface area contributed by atoms with E-state index in [4.69, 9.17) is 5.73 Å². The lowest BCUT2D eigenvalue weighted by Gasteiger charge is -2.04. The number of hydrogen-bond acceptors (Lipinski definition) is 4. The quantitative estimate of drug-likeness (QED) is 0.505. The first-order valence-electron chi connectivity index (χ1n) is 3.52. The standard InChI is InChI=1S/C7H9N5O/c1-12(7(8)13)11-4-6-2-9-5-10-3-6/h2-5H,1H3,(H2,8,13)/b11-4+. The molecule has 0 saturated carbocycles. The number of primary amides is 1. The lowest BCUT2D eigenvalue weighted by Crippen LogP contribution is -2.27. The van der Waals surface area contributed by atoms with Gasteiger partial charge in [-0.3, -0.25) is 0 Å². The molecule has 68 valence electrons. The second-order valence-electron chi connectivity index (χ2n) is 2.28. The van der Waals surface area contributed by atoms with Crippen LogP contribution in [0.25, 0.3) is 0 Å². The summed E-state index contributed by atoms with van der Waals surface area (Å²) in [6, 6.07) is -0.618. The summed E-state index contributed by atoms with van der Waals surface area (Å²) in [6.45, 7) is 0. The van der Waals surface area contributed by atoms with Gasteiger partial charge in [-0.15, -0.1) is 0 Å². The van der Waals surface area contributed by atoms with Gasteiger partial charge in [0, 0.05) is 25.0 Å². The van der Waals surface area contributed by atoms with E-state index >= 15 is 0 Å². The van der Waals surface area contributed by atoms with E-state index in [1.807, 2.05) is 0 Å². The number of urea groups is 1. The van der Waals surface area contributed by atoms with E-state index in [2.05, 4.69) is 15.1 Å². The van der Waals surface area contributed by atoms with Crippen LogP contribution in [0.3, 0.4) is 0 Å². The number of aromatic nitrogens is 2. The molecule has 2 N–H and O–H groups in total. The summed E-state index contributed by atoms with van der Waals surface area (Å²) >= 11 is 0. The van der Waals surface area contributed by atoms with Crippen molar-refractivity contribution in [2.75, 3.05) is 7.05 Å². The maximum Gasteiger partial charge on any atom is 0.334 e. The minimum absolute atomic E-state index is 0.618. The van der Waals surface area contributed by atoms with E-state index in [-0.39, 0.29) is 0 Å². The van der Waals surface area contributed by atoms with Crippen molar-refractivity contribution in [1.82, 2.24) is 15.0 Å². The van der Waals surface area contributed by atoms with E-state index in [1.54, 1.807) is 12.4 Å². The van der Waals surface area contributed by atoms with Crippen molar-refractivity contribution in [1.29, 1.82) is 0 Å². The van der Waals surface area contributed by atoms with Crippen LogP contribution >= 0.6 is 0 Å². The molecule has 0 aromatic carbocycles. The predicted molar refractivity (Wildman–Crippen MR) is 47.0 cm³/mol. The van der Waals surface area contributed by atoms with E-state index in [9.17, 15) is 4.79 Å². The van der Waals surface area contributed by atoms with Crippen molar-refractivity contribution in [3.05, 3.63) is 24.3 Å². The summed E-state index contributed by atoms with van der Waals surface area (Å²) in [7, 11) is 1.46. The lowest BCUT2D eigenvalue weighted by molar-refractivity contribution is 0.220. The van der Waals surface area contributed by atoms with Gasteiger partial charge in [0.05, 0.1) is 6.21 Å². The number of nitrogens with zero attached hydrogens (tertiary/aromatic N) is 4. The SMILES string of the molecule is CN(/N=C/c1cncnc1)C(N)=O. The van der Waals surface area contributed by atoms with Crippen molar-refractivity contribution in [3.8, 4) is 0 Å². The van der Waals surface area contributed by atoms with E-state index in [0.29, 0.717) is 5.56 Å². The topological polar surface area (TPSA) is 84.5 Å². The molecule has 0 aliphatic heterocycles. The number of hydrazone groups is 1. The number of rotatable bonds is 2. The fraction of sp³-hybridized carbons (Fsp3) is 0.143. The van der Waals surface area contributed by atoms with Crippen LogP contribution in [0.2, 0.25) is 0 Å². The number of hydrogen-bond donors (Lipinski definition) is 1. The predicted octanol–water partition coefficient (Wildman–Crippen LogP) is -0.179. The Morgan fingerprint density at radius 2 is 2.23 bits per heavy atom. The van der Waals surface area contributed by atoms with Crippen LogP contribution < -0.4 is 5.73 Å². The van der Waals surface area contributed by atoms with Gasteiger partial charge < -0.3 is 5.73 Å². The maximum absolute atomic E-state index is 10.5. The first kappa shape index (κ1) is 9.11. The molecule has 0 atom stereocenters. The molecule has 6 nitrogen and oxygen atoms in total. The van der Waals surface area contributed by atoms with Gasteiger partial charge in [0.1, 0.15) is 6.33 Å². The van der Waals surface area contributed by atoms with Gasteiger partial charge >= 0.3 is 6.03 Å². The molecule has 1 aromatic rings. The lowest BCUT2D eigenvalue weighted by atomic mass is 10.4. The highest BCUT2D eigenvalue weighted by Gasteiger charge is 1.97. The minimum Gasteiger partial charge on any atom is -0.350 e. The Balaban J connectivity index is 2.64. The van der Waals surface area contributed by atoms with Gasteiger partial charge in [-0.25, -0.2) is 19.8 Å². The fourth-order valence-electron chi connectivity index (χ4n) is 0.587. The Labute approximate surface area is 75.1 Å². The number of amides is 2. The Bertz CT molecular complexity index is 310. The molecule has 0 spiro atoms. The third-order valence-electron chi connectivity index (χ3n) is 1.28. The smallest absolute Gasteiger partial charge is 0.334 e. The van der Waals surface area contributed by atoms with Crippen LogP contribution in [0.15, 0.2) is 23.8 Å². The molecule has 0 saturated heterocycles. The highest BCUT2D eigenvalue weighted by atomic mass is 16.2. The Morgan fingerprint density at radius 3 is 2.77 bits per heavy atom. The Hall–Kier alpha value is -1.98. The summed E-state index contributed by atoms with van der Waals surface area (Å²) in [6.07, 6.45) is 6.01. The minimum atomic E-state index is -0.618. The zero-order valence-electron chi connectivity index (χ0n) is 7.08. The molecule has 0 bridgehead atoms. The van der Waals surface area contributed by atoms with Crippen LogP contribution in [-0.2, 0) is 0 Å². The molecule has 1 aromatic heterocycles. The molecule has 6 heteroatoms. The third kappa shape index (κ3) is 2.86. The Morgan fingerprint density at radius 1 is 1.62 bits per heavy atom. The van der Waals surface area contributed by atoms with Crippen molar-refractivity contribution in [2.45, 2.75) is 0 Å². The van der Waals surface area contributed by atoms with Crippen molar-refractivity contribution >= 4 is 12.2 Å². The van der Waals surface area contributed by atoms with E-state index in [0.717, 1.165) is 5.01 Å². The van der Waals surface area contributed by atoms with Gasteiger partial charge in [-0.05, 0) is 0 Å². The molecule has 1 heterocycles. The molecule has 0 unspecified atom stereocenters. The third-order valence-corrected chi connectivity index (χ3v) is 1.28. The molecule has 0 fully saturated rings. The van der Waals surface area contributed by atoms with Crippen LogP contribution in [0.4, 0.5) is 4.79 Å². The average molecular weight is 179 g/mol. The molecule has 0 aliphatic rings. The van der Waals surface area contributed by atoms with Crippen molar-refractivity contribution < 1.29 is 4.79 Å². The highest BCUT2D eigenvalue weighted by Crippen LogP contribution is 1.89. The van der Waals surface area contributed by atoms with Gasteiger partial charge in [0.2, 0.25) is 0 Å². The molecule has 2 amide bonds. The first-order valence-corrected chi connectivity index (χ1v) is 3.52. The molecular formula is C7H9N5O. The van der Waals surface area contributed by atoms with Gasteiger partial charge in [0.15, 0.2) is 0 Å². The normalized spacial score (nSPS) is 10.2. The number of nitrogens with two attached hydrogens (primary N) is 1. The zero-order valence-corrected chi connectivity index (χ0v) is 7.08. The summed E-state index contributed by atoms with van der Waals surface area (Å²) < 4.78 is 0. The summed E-state index contributed by atoms with van der Waals surface area (Å²) in [5, 5.41) is 4.77. The molecule has 0 radical (unpaired) electrons. The molecule has 0 aliphatic carbocycles. The molecule has 13 heavy (non-hydrogen) atoms. The zero-order chi connectivity index (χ0) is 9.68. The number of carbonyl (C=O) groups is 1. The average Bonchev–Trinajstić information content (AvgIpc) is 2.15. The van der Waals surface area contributed by atoms with E-state index < -0.39 is 6.03 Å². The molecule has 1 rings (SSSR count). The van der Waals surface area contributed by atoms with Crippen LogP contribution in [-0.4, -0.2) is 34.3 Å². The summed E-state index contributed by atoms with van der Waals surface area (Å²) in [5.74, 6) is 0. The van der Waals surface area contributed by atoms with Gasteiger partial charge in [-0.1, -0.05) is 0 Å². The highest BCUT2D eigenvalue weighted by molar-refractivity contribution is 5.80. The van der Waals surface area contributed by atoms with Gasteiger partial charge in [0.25, 0.3) is 0 Å². The van der Waals surface area contributed by atoms with E-state index in [1.165, 1.54) is 19.6 Å².